The van der Waals surface area contributed by atoms with Gasteiger partial charge in [-0.15, -0.1) is 0 Å². The fourth-order valence-electron chi connectivity index (χ4n) is 2.80. The Balaban J connectivity index is 1.70. The van der Waals surface area contributed by atoms with Gasteiger partial charge in [-0.2, -0.15) is 21.4 Å². The second-order valence-corrected chi connectivity index (χ2v) is 5.87. The van der Waals surface area contributed by atoms with Gasteiger partial charge in [0.05, 0.1) is 12.6 Å². The van der Waals surface area contributed by atoms with Crippen molar-refractivity contribution in [2.45, 2.75) is 24.8 Å². The van der Waals surface area contributed by atoms with Crippen LogP contribution in [0.25, 0.3) is 0 Å². The second kappa shape index (κ2) is 4.61. The van der Waals surface area contributed by atoms with E-state index in [-0.39, 0.29) is 0 Å². The lowest BCUT2D eigenvalue weighted by Gasteiger charge is -2.23. The molecule has 2 aliphatic rings. The van der Waals surface area contributed by atoms with Gasteiger partial charge in [-0.05, 0) is 35.2 Å². The predicted molar refractivity (Wildman–Crippen MR) is 73.8 cm³/mol. The van der Waals surface area contributed by atoms with Gasteiger partial charge >= 0.3 is 0 Å². The van der Waals surface area contributed by atoms with Crippen LogP contribution >= 0.6 is 11.3 Å². The number of anilines is 1. The molecule has 2 aromatic rings. The molecule has 0 radical (unpaired) electrons. The van der Waals surface area contributed by atoms with E-state index in [9.17, 15) is 0 Å². The van der Waals surface area contributed by atoms with Crippen LogP contribution in [0.1, 0.15) is 36.2 Å². The summed E-state index contributed by atoms with van der Waals surface area (Å²) in [5, 5.41) is 12.4. The number of aromatic nitrogens is 3. The number of nitrogens with one attached hydrogen (secondary N) is 1. The maximum absolute atomic E-state index is 5.43. The third-order valence-electron chi connectivity index (χ3n) is 3.87. The Labute approximate surface area is 115 Å². The van der Waals surface area contributed by atoms with E-state index in [0.717, 1.165) is 44.4 Å². The SMILES string of the molecule is c1cc(C2CCNc3nc(C4CCOC4)nn32)cs1. The van der Waals surface area contributed by atoms with Crippen LogP contribution in [0.5, 0.6) is 0 Å². The van der Waals surface area contributed by atoms with E-state index in [0.29, 0.717) is 12.0 Å². The normalized spacial score (nSPS) is 26.1. The molecule has 0 amide bonds. The van der Waals surface area contributed by atoms with Crippen molar-refractivity contribution in [3.63, 3.8) is 0 Å². The molecule has 2 unspecified atom stereocenters. The van der Waals surface area contributed by atoms with Gasteiger partial charge in [-0.3, -0.25) is 0 Å². The van der Waals surface area contributed by atoms with Crippen molar-refractivity contribution in [3.8, 4) is 0 Å². The summed E-state index contributed by atoms with van der Waals surface area (Å²) in [6, 6.07) is 2.51. The van der Waals surface area contributed by atoms with Crippen LogP contribution in [-0.2, 0) is 4.74 Å². The van der Waals surface area contributed by atoms with Gasteiger partial charge in [0.2, 0.25) is 5.95 Å². The van der Waals surface area contributed by atoms with Crippen molar-refractivity contribution < 1.29 is 4.74 Å². The second-order valence-electron chi connectivity index (χ2n) is 5.09. The van der Waals surface area contributed by atoms with E-state index < -0.39 is 0 Å². The van der Waals surface area contributed by atoms with Gasteiger partial charge in [-0.25, -0.2) is 4.68 Å². The maximum atomic E-state index is 5.43. The number of hydrogen-bond acceptors (Lipinski definition) is 5. The van der Waals surface area contributed by atoms with Gasteiger partial charge < -0.3 is 10.1 Å². The molecule has 2 aromatic heterocycles. The van der Waals surface area contributed by atoms with Crippen molar-refractivity contribution in [1.29, 1.82) is 0 Å². The van der Waals surface area contributed by atoms with Gasteiger partial charge in [0.15, 0.2) is 5.82 Å². The Morgan fingerprint density at radius 3 is 3.21 bits per heavy atom. The third-order valence-corrected chi connectivity index (χ3v) is 4.57. The first-order chi connectivity index (χ1) is 9.42. The van der Waals surface area contributed by atoms with E-state index in [1.54, 1.807) is 11.3 Å². The van der Waals surface area contributed by atoms with Crippen molar-refractivity contribution in [2.24, 2.45) is 0 Å². The summed E-state index contributed by atoms with van der Waals surface area (Å²) in [5.41, 5.74) is 1.34. The minimum Gasteiger partial charge on any atom is -0.381 e. The van der Waals surface area contributed by atoms with E-state index >= 15 is 0 Å². The lowest BCUT2D eigenvalue weighted by Crippen LogP contribution is -2.24. The molecule has 6 heteroatoms. The zero-order valence-corrected chi connectivity index (χ0v) is 11.4. The smallest absolute Gasteiger partial charge is 0.221 e. The Morgan fingerprint density at radius 2 is 2.42 bits per heavy atom. The molecule has 2 aliphatic heterocycles. The number of thiophene rings is 1. The molecular weight excluding hydrogens is 260 g/mol. The topological polar surface area (TPSA) is 52.0 Å². The third kappa shape index (κ3) is 1.95. The van der Waals surface area contributed by atoms with E-state index in [4.69, 9.17) is 9.84 Å². The number of hydrogen-bond donors (Lipinski definition) is 1. The fourth-order valence-corrected chi connectivity index (χ4v) is 3.51. The van der Waals surface area contributed by atoms with Crippen molar-refractivity contribution in [2.75, 3.05) is 25.1 Å². The van der Waals surface area contributed by atoms with Crippen LogP contribution in [0, 0.1) is 0 Å². The van der Waals surface area contributed by atoms with Crippen LogP contribution in [-0.4, -0.2) is 34.5 Å². The summed E-state index contributed by atoms with van der Waals surface area (Å²) in [4.78, 5) is 4.66. The quantitative estimate of drug-likeness (QED) is 0.914. The van der Waals surface area contributed by atoms with Gasteiger partial charge in [0, 0.05) is 19.1 Å². The minimum absolute atomic E-state index is 0.325. The molecule has 19 heavy (non-hydrogen) atoms. The number of rotatable bonds is 2. The van der Waals surface area contributed by atoms with Crippen molar-refractivity contribution in [3.05, 3.63) is 28.2 Å². The highest BCUT2D eigenvalue weighted by atomic mass is 32.1. The van der Waals surface area contributed by atoms with Crippen molar-refractivity contribution >= 4 is 17.3 Å². The Morgan fingerprint density at radius 1 is 1.42 bits per heavy atom. The van der Waals surface area contributed by atoms with Crippen LogP contribution < -0.4 is 5.32 Å². The average molecular weight is 276 g/mol. The molecule has 2 atom stereocenters. The zero-order valence-electron chi connectivity index (χ0n) is 10.6. The maximum Gasteiger partial charge on any atom is 0.221 e. The Bertz CT molecular complexity index is 559. The molecule has 1 saturated heterocycles. The molecule has 1 fully saturated rings. The summed E-state index contributed by atoms with van der Waals surface area (Å²) in [5.74, 6) is 2.20. The first kappa shape index (κ1) is 11.4. The summed E-state index contributed by atoms with van der Waals surface area (Å²) in [6.07, 6.45) is 2.10. The molecule has 0 aromatic carbocycles. The summed E-state index contributed by atoms with van der Waals surface area (Å²) in [7, 11) is 0. The Hall–Kier alpha value is -1.40. The van der Waals surface area contributed by atoms with E-state index in [1.807, 2.05) is 0 Å². The van der Waals surface area contributed by atoms with Gasteiger partial charge in [0.25, 0.3) is 0 Å². The predicted octanol–water partition coefficient (Wildman–Crippen LogP) is 2.25. The molecule has 0 bridgehead atoms. The molecule has 4 rings (SSSR count). The standard InChI is InChI=1S/C13H16N4OS/c1-4-14-13-15-12(9-2-5-18-7-9)16-17(13)11(1)10-3-6-19-8-10/h3,6,8-9,11H,1-2,4-5,7H2,(H,14,15,16). The lowest BCUT2D eigenvalue weighted by molar-refractivity contribution is 0.193. The average Bonchev–Trinajstić information content (AvgIpc) is 3.18. The first-order valence-electron chi connectivity index (χ1n) is 6.72. The monoisotopic (exact) mass is 276 g/mol. The fraction of sp³-hybridized carbons (Fsp3) is 0.538. The van der Waals surface area contributed by atoms with E-state index in [2.05, 4.69) is 31.8 Å². The van der Waals surface area contributed by atoms with E-state index in [1.165, 1.54) is 5.56 Å². The molecule has 4 heterocycles. The minimum atomic E-state index is 0.325. The highest BCUT2D eigenvalue weighted by Crippen LogP contribution is 2.32. The molecule has 0 spiro atoms. The lowest BCUT2D eigenvalue weighted by atomic mass is 10.1. The summed E-state index contributed by atoms with van der Waals surface area (Å²) < 4.78 is 7.49. The van der Waals surface area contributed by atoms with Gasteiger partial charge in [-0.1, -0.05) is 0 Å². The number of fused-ring (bicyclic) bond motifs is 1. The Kier molecular flexibility index (Phi) is 2.77. The summed E-state index contributed by atoms with van der Waals surface area (Å²) in [6.45, 7) is 2.54. The van der Waals surface area contributed by atoms with Crippen LogP contribution in [0.15, 0.2) is 16.8 Å². The molecule has 0 aliphatic carbocycles. The zero-order chi connectivity index (χ0) is 12.7. The van der Waals surface area contributed by atoms with Crippen molar-refractivity contribution in [1.82, 2.24) is 14.8 Å². The molecule has 5 nitrogen and oxygen atoms in total. The summed E-state index contributed by atoms with van der Waals surface area (Å²) >= 11 is 1.74. The highest BCUT2D eigenvalue weighted by molar-refractivity contribution is 7.07. The first-order valence-corrected chi connectivity index (χ1v) is 7.66. The molecular formula is C13H16N4OS. The molecule has 100 valence electrons. The largest absolute Gasteiger partial charge is 0.381 e. The van der Waals surface area contributed by atoms with Crippen LogP contribution in [0.4, 0.5) is 5.95 Å². The molecule has 0 saturated carbocycles. The van der Waals surface area contributed by atoms with Crippen LogP contribution in [0.2, 0.25) is 0 Å². The number of nitrogens with zero attached hydrogens (tertiary/aromatic N) is 3. The molecule has 1 N–H and O–H groups in total. The van der Waals surface area contributed by atoms with Gasteiger partial charge in [0.1, 0.15) is 0 Å². The van der Waals surface area contributed by atoms with Crippen LogP contribution in [0.3, 0.4) is 0 Å². The number of ether oxygens (including phenoxy) is 1. The highest BCUT2D eigenvalue weighted by Gasteiger charge is 2.28.